The van der Waals surface area contributed by atoms with Crippen molar-refractivity contribution in [3.63, 3.8) is 0 Å². The highest BCUT2D eigenvalue weighted by Gasteiger charge is 2.31. The van der Waals surface area contributed by atoms with Crippen LogP contribution in [-0.2, 0) is 12.7 Å². The van der Waals surface area contributed by atoms with Gasteiger partial charge in [-0.15, -0.1) is 0 Å². The van der Waals surface area contributed by atoms with Crippen LogP contribution in [0.1, 0.15) is 25.0 Å². The van der Waals surface area contributed by atoms with Gasteiger partial charge in [0.15, 0.2) is 11.4 Å². The molecule has 137 valence electrons. The summed E-state index contributed by atoms with van der Waals surface area (Å²) in [5.41, 5.74) is 0.554. The van der Waals surface area contributed by atoms with Gasteiger partial charge in [0.25, 0.3) is 0 Å². The lowest BCUT2D eigenvalue weighted by Crippen LogP contribution is -2.13. The third-order valence-electron chi connectivity index (χ3n) is 3.65. The van der Waals surface area contributed by atoms with Gasteiger partial charge >= 0.3 is 6.18 Å². The Morgan fingerprint density at radius 2 is 1.85 bits per heavy atom. The molecule has 8 heteroatoms. The molecule has 26 heavy (non-hydrogen) atoms. The summed E-state index contributed by atoms with van der Waals surface area (Å²) in [4.78, 5) is 0. The van der Waals surface area contributed by atoms with Crippen molar-refractivity contribution in [2.24, 2.45) is 0 Å². The van der Waals surface area contributed by atoms with E-state index in [1.54, 1.807) is 26.2 Å². The van der Waals surface area contributed by atoms with Crippen LogP contribution in [0.4, 0.5) is 23.4 Å². The van der Waals surface area contributed by atoms with Crippen molar-refractivity contribution in [1.29, 1.82) is 0 Å². The third kappa shape index (κ3) is 4.36. The fourth-order valence-electron chi connectivity index (χ4n) is 2.31. The summed E-state index contributed by atoms with van der Waals surface area (Å²) in [5, 5.41) is 6.73. The number of benzene rings is 2. The first-order valence-electron chi connectivity index (χ1n) is 8.17. The number of hydrogen-bond donors (Lipinski definition) is 1. The van der Waals surface area contributed by atoms with E-state index in [0.29, 0.717) is 5.56 Å². The van der Waals surface area contributed by atoms with E-state index in [2.05, 4.69) is 10.5 Å². The van der Waals surface area contributed by atoms with Crippen molar-refractivity contribution in [3.8, 4) is 0 Å². The SMILES string of the molecule is CC.C[B]c1ccc(CNc2noc3ccc(C(F)(F)F)cc23)c(F)c1. The zero-order valence-corrected chi connectivity index (χ0v) is 14.6. The molecule has 1 radical (unpaired) electrons. The molecule has 0 spiro atoms. The molecule has 0 amide bonds. The van der Waals surface area contributed by atoms with Gasteiger partial charge in [-0.2, -0.15) is 13.2 Å². The Labute approximate surface area is 149 Å². The Balaban J connectivity index is 0.00000117. The molecule has 0 saturated carbocycles. The summed E-state index contributed by atoms with van der Waals surface area (Å²) in [6.45, 7) is 5.88. The van der Waals surface area contributed by atoms with Crippen molar-refractivity contribution < 1.29 is 22.1 Å². The molecule has 1 aromatic heterocycles. The molecule has 0 bridgehead atoms. The van der Waals surface area contributed by atoms with Gasteiger partial charge in [0.2, 0.25) is 0 Å². The lowest BCUT2D eigenvalue weighted by atomic mass is 9.73. The maximum Gasteiger partial charge on any atom is 0.416 e. The van der Waals surface area contributed by atoms with Gasteiger partial charge in [-0.05, 0) is 24.3 Å². The van der Waals surface area contributed by atoms with Crippen molar-refractivity contribution in [1.82, 2.24) is 5.16 Å². The van der Waals surface area contributed by atoms with Crippen molar-refractivity contribution in [3.05, 3.63) is 53.3 Å². The van der Waals surface area contributed by atoms with Crippen LogP contribution in [-0.4, -0.2) is 12.4 Å². The number of nitrogens with zero attached hydrogens (tertiary/aromatic N) is 1. The molecule has 3 aromatic rings. The van der Waals surface area contributed by atoms with Crippen LogP contribution in [0.5, 0.6) is 0 Å². The number of anilines is 1. The summed E-state index contributed by atoms with van der Waals surface area (Å²) in [5.74, 6) is -0.261. The molecule has 0 aliphatic heterocycles. The van der Waals surface area contributed by atoms with E-state index in [4.69, 9.17) is 4.52 Å². The average molecular weight is 365 g/mol. The summed E-state index contributed by atoms with van der Waals surface area (Å²) in [6.07, 6.45) is -4.46. The van der Waals surface area contributed by atoms with Crippen molar-refractivity contribution in [2.45, 2.75) is 33.4 Å². The number of hydrogen-bond acceptors (Lipinski definition) is 3. The minimum atomic E-state index is -4.46. The lowest BCUT2D eigenvalue weighted by Gasteiger charge is -2.08. The Kier molecular flexibility index (Phi) is 6.29. The Bertz CT molecular complexity index is 877. The largest absolute Gasteiger partial charge is 0.416 e. The number of fused-ring (bicyclic) bond motifs is 1. The van der Waals surface area contributed by atoms with E-state index in [0.717, 1.165) is 17.6 Å². The topological polar surface area (TPSA) is 38.1 Å². The molecule has 1 heterocycles. The molecular weight excluding hydrogens is 347 g/mol. The summed E-state index contributed by atoms with van der Waals surface area (Å²) in [6, 6.07) is 7.85. The molecule has 0 atom stereocenters. The smallest absolute Gasteiger partial charge is 0.363 e. The minimum absolute atomic E-state index is 0.0771. The van der Waals surface area contributed by atoms with Crippen LogP contribution in [0.25, 0.3) is 11.0 Å². The van der Waals surface area contributed by atoms with Gasteiger partial charge in [-0.3, -0.25) is 0 Å². The second kappa shape index (κ2) is 8.25. The molecule has 2 aromatic carbocycles. The van der Waals surface area contributed by atoms with E-state index < -0.39 is 17.6 Å². The van der Waals surface area contributed by atoms with E-state index in [-0.39, 0.29) is 23.3 Å². The Morgan fingerprint density at radius 1 is 1.12 bits per heavy atom. The summed E-state index contributed by atoms with van der Waals surface area (Å²) >= 11 is 0. The number of halogens is 4. The summed E-state index contributed by atoms with van der Waals surface area (Å²) in [7, 11) is 1.77. The highest BCUT2D eigenvalue weighted by atomic mass is 19.4. The highest BCUT2D eigenvalue weighted by Crippen LogP contribution is 2.33. The average Bonchev–Trinajstić information content (AvgIpc) is 3.04. The first-order chi connectivity index (χ1) is 12.4. The zero-order chi connectivity index (χ0) is 19.3. The van der Waals surface area contributed by atoms with E-state index in [9.17, 15) is 17.6 Å². The zero-order valence-electron chi connectivity index (χ0n) is 14.6. The van der Waals surface area contributed by atoms with Gasteiger partial charge in [0, 0.05) is 12.1 Å². The minimum Gasteiger partial charge on any atom is -0.363 e. The van der Waals surface area contributed by atoms with Crippen LogP contribution in [0.15, 0.2) is 40.9 Å². The fourth-order valence-corrected chi connectivity index (χ4v) is 2.31. The van der Waals surface area contributed by atoms with Crippen molar-refractivity contribution >= 4 is 29.5 Å². The Hall–Kier alpha value is -2.51. The van der Waals surface area contributed by atoms with Crippen LogP contribution < -0.4 is 10.8 Å². The molecule has 3 rings (SSSR count). The molecule has 1 N–H and O–H groups in total. The van der Waals surface area contributed by atoms with Gasteiger partial charge < -0.3 is 9.84 Å². The van der Waals surface area contributed by atoms with Crippen LogP contribution >= 0.6 is 0 Å². The maximum atomic E-state index is 13.9. The molecule has 0 saturated heterocycles. The second-order valence-corrected chi connectivity index (χ2v) is 5.23. The first-order valence-corrected chi connectivity index (χ1v) is 8.17. The quantitative estimate of drug-likeness (QED) is 0.522. The number of nitrogens with one attached hydrogen (secondary N) is 1. The predicted molar refractivity (Wildman–Crippen MR) is 95.3 cm³/mol. The molecule has 3 nitrogen and oxygen atoms in total. The normalized spacial score (nSPS) is 11.0. The number of alkyl halides is 3. The Morgan fingerprint density at radius 3 is 2.46 bits per heavy atom. The number of aromatic nitrogens is 1. The molecule has 0 fully saturated rings. The molecular formula is C18H18BF4N2O. The van der Waals surface area contributed by atoms with Crippen LogP contribution in [0.2, 0.25) is 6.82 Å². The third-order valence-corrected chi connectivity index (χ3v) is 3.65. The standard InChI is InChI=1S/C16H12BF4N2O.C2H6/c1-17-11-4-2-9(13(18)7-11)8-22-15-12-6-10(16(19,20)21)3-5-14(12)24-23-15;1-2/h2-7H,8H2,1H3,(H,22,23);1-2H3. The van der Waals surface area contributed by atoms with Gasteiger partial charge in [0.05, 0.1) is 10.9 Å². The molecule has 0 aliphatic carbocycles. The van der Waals surface area contributed by atoms with E-state index >= 15 is 0 Å². The highest BCUT2D eigenvalue weighted by molar-refractivity contribution is 6.51. The van der Waals surface area contributed by atoms with Crippen molar-refractivity contribution in [2.75, 3.05) is 5.32 Å². The summed E-state index contributed by atoms with van der Waals surface area (Å²) < 4.78 is 57.4. The van der Waals surface area contributed by atoms with Crippen LogP contribution in [0, 0.1) is 5.82 Å². The molecule has 0 aliphatic rings. The fraction of sp³-hybridized carbons (Fsp3) is 0.278. The van der Waals surface area contributed by atoms with Gasteiger partial charge in [-0.1, -0.05) is 43.4 Å². The van der Waals surface area contributed by atoms with Gasteiger partial charge in [-0.25, -0.2) is 4.39 Å². The predicted octanol–water partition coefficient (Wildman–Crippen LogP) is 5.00. The maximum absolute atomic E-state index is 13.9. The van der Waals surface area contributed by atoms with Crippen LogP contribution in [0.3, 0.4) is 0 Å². The number of rotatable bonds is 4. The van der Waals surface area contributed by atoms with Gasteiger partial charge in [0.1, 0.15) is 13.1 Å². The lowest BCUT2D eigenvalue weighted by molar-refractivity contribution is -0.137. The van der Waals surface area contributed by atoms with E-state index in [1.807, 2.05) is 13.8 Å². The molecule has 0 unspecified atom stereocenters. The second-order valence-electron chi connectivity index (χ2n) is 5.23. The first kappa shape index (κ1) is 19.8. The van der Waals surface area contributed by atoms with E-state index in [1.165, 1.54) is 12.1 Å². The monoisotopic (exact) mass is 365 g/mol.